The molecule has 5 rings (SSSR count). The Morgan fingerprint density at radius 1 is 1.23 bits per heavy atom. The monoisotopic (exact) mass is 431 g/mol. The number of aromatic nitrogens is 3. The van der Waals surface area contributed by atoms with Gasteiger partial charge in [0.15, 0.2) is 18.0 Å². The first kappa shape index (κ1) is 19.3. The largest absolute Gasteiger partial charge is 0.509 e. The van der Waals surface area contributed by atoms with E-state index in [9.17, 15) is 15.0 Å². The van der Waals surface area contributed by atoms with Crippen LogP contribution >= 0.6 is 11.6 Å². The molecule has 1 aromatic carbocycles. The fraction of sp³-hybridized carbons (Fsp3) is 0.350. The Morgan fingerprint density at radius 3 is 2.90 bits per heavy atom. The minimum absolute atomic E-state index is 0.0167. The molecule has 0 aliphatic carbocycles. The number of aliphatic hydroxyl groups is 2. The number of halogens is 1. The van der Waals surface area contributed by atoms with E-state index in [0.29, 0.717) is 21.8 Å². The summed E-state index contributed by atoms with van der Waals surface area (Å²) in [6, 6.07) is 6.85. The van der Waals surface area contributed by atoms with Crippen molar-refractivity contribution in [2.75, 3.05) is 0 Å². The fourth-order valence-electron chi connectivity index (χ4n) is 4.02. The highest BCUT2D eigenvalue weighted by atomic mass is 35.5. The summed E-state index contributed by atoms with van der Waals surface area (Å²) in [4.78, 5) is 12.0. The molecule has 10 heteroatoms. The van der Waals surface area contributed by atoms with Gasteiger partial charge in [-0.25, -0.2) is 4.79 Å². The summed E-state index contributed by atoms with van der Waals surface area (Å²) in [5, 5.41) is 31.0. The number of carbonyl (C=O) groups is 1. The Labute approximate surface area is 175 Å². The summed E-state index contributed by atoms with van der Waals surface area (Å²) in [5.74, 6) is 0. The number of nitrogens with zero attached hydrogens (tertiary/aromatic N) is 3. The normalized spacial score (nSPS) is 28.7. The van der Waals surface area contributed by atoms with Crippen molar-refractivity contribution in [1.29, 1.82) is 0 Å². The maximum Gasteiger partial charge on any atom is 0.509 e. The Kier molecular flexibility index (Phi) is 4.62. The number of fused-ring (bicyclic) bond motifs is 2. The number of hydrogen-bond donors (Lipinski definition) is 2. The lowest BCUT2D eigenvalue weighted by atomic mass is 9.95. The third-order valence-corrected chi connectivity index (χ3v) is 5.78. The highest BCUT2D eigenvalue weighted by Crippen LogP contribution is 2.41. The first-order chi connectivity index (χ1) is 14.4. The molecule has 2 aliphatic heterocycles. The maximum atomic E-state index is 12.0. The second kappa shape index (κ2) is 7.21. The summed E-state index contributed by atoms with van der Waals surface area (Å²) in [7, 11) is 0. The highest BCUT2D eigenvalue weighted by molar-refractivity contribution is 6.30. The van der Waals surface area contributed by atoms with Crippen molar-refractivity contribution in [3.8, 4) is 0 Å². The van der Waals surface area contributed by atoms with Crippen molar-refractivity contribution in [3.05, 3.63) is 58.4 Å². The number of carbonyl (C=O) groups excluding carboxylic acids is 1. The molecule has 1 saturated heterocycles. The van der Waals surface area contributed by atoms with Gasteiger partial charge in [-0.15, -0.1) is 5.10 Å². The number of aliphatic hydroxyl groups excluding tert-OH is 2. The average Bonchev–Trinajstić information content (AvgIpc) is 3.22. The molecule has 0 amide bonds. The summed E-state index contributed by atoms with van der Waals surface area (Å²) < 4.78 is 18.1. The molecule has 0 bridgehead atoms. The predicted octanol–water partition coefficient (Wildman–Crippen LogP) is 2.42. The minimum Gasteiger partial charge on any atom is -0.429 e. The molecule has 0 unspecified atom stereocenters. The Bertz CT molecular complexity index is 1130. The van der Waals surface area contributed by atoms with E-state index in [4.69, 9.17) is 25.8 Å². The Morgan fingerprint density at radius 2 is 2.07 bits per heavy atom. The zero-order valence-electron chi connectivity index (χ0n) is 15.8. The lowest BCUT2D eigenvalue weighted by Gasteiger charge is -2.25. The topological polar surface area (TPSA) is 116 Å². The summed E-state index contributed by atoms with van der Waals surface area (Å²) in [6.45, 7) is 1.88. The molecule has 0 spiro atoms. The Hall–Kier alpha value is -2.72. The van der Waals surface area contributed by atoms with Crippen LogP contribution in [-0.2, 0) is 20.8 Å². The summed E-state index contributed by atoms with van der Waals surface area (Å²) in [6.07, 6.45) is -3.13. The molecule has 1 fully saturated rings. The molecular formula is C20H18ClN3O6. The highest BCUT2D eigenvalue weighted by Gasteiger charge is 2.50. The van der Waals surface area contributed by atoms with Crippen LogP contribution in [0.4, 0.5) is 4.79 Å². The average molecular weight is 432 g/mol. The second-order valence-corrected chi connectivity index (χ2v) is 7.82. The van der Waals surface area contributed by atoms with Crippen LogP contribution in [0.1, 0.15) is 29.0 Å². The van der Waals surface area contributed by atoms with E-state index in [0.717, 1.165) is 10.9 Å². The van der Waals surface area contributed by atoms with Gasteiger partial charge in [0.2, 0.25) is 0 Å². The third-order valence-electron chi connectivity index (χ3n) is 5.54. The number of aryl methyl sites for hydroxylation is 1. The van der Waals surface area contributed by atoms with Crippen LogP contribution < -0.4 is 0 Å². The molecule has 5 atom stereocenters. The molecule has 3 aromatic rings. The van der Waals surface area contributed by atoms with E-state index in [1.807, 2.05) is 13.0 Å². The lowest BCUT2D eigenvalue weighted by Crippen LogP contribution is -2.36. The van der Waals surface area contributed by atoms with Gasteiger partial charge >= 0.3 is 6.16 Å². The van der Waals surface area contributed by atoms with E-state index in [1.54, 1.807) is 35.2 Å². The zero-order valence-corrected chi connectivity index (χ0v) is 16.6. The van der Waals surface area contributed by atoms with Crippen LogP contribution in [0, 0.1) is 6.92 Å². The number of hydrogen-bond acceptors (Lipinski definition) is 8. The lowest BCUT2D eigenvalue weighted by molar-refractivity contribution is -0.0959. The van der Waals surface area contributed by atoms with Crippen molar-refractivity contribution in [2.24, 2.45) is 0 Å². The number of ether oxygens (including phenoxy) is 3. The maximum absolute atomic E-state index is 12.0. The predicted molar refractivity (Wildman–Crippen MR) is 104 cm³/mol. The van der Waals surface area contributed by atoms with Crippen LogP contribution in [-0.4, -0.2) is 49.4 Å². The van der Waals surface area contributed by atoms with E-state index in [2.05, 4.69) is 10.2 Å². The second-order valence-electron chi connectivity index (χ2n) is 7.38. The molecule has 0 saturated carbocycles. The van der Waals surface area contributed by atoms with Gasteiger partial charge < -0.3 is 29.0 Å². The van der Waals surface area contributed by atoms with Gasteiger partial charge in [0.25, 0.3) is 0 Å². The zero-order chi connectivity index (χ0) is 21.0. The molecule has 2 aliphatic rings. The van der Waals surface area contributed by atoms with Gasteiger partial charge in [-0.3, -0.25) is 0 Å². The van der Waals surface area contributed by atoms with Crippen LogP contribution in [0.2, 0.25) is 5.02 Å². The molecule has 2 N–H and O–H groups in total. The molecule has 0 radical (unpaired) electrons. The first-order valence-electron chi connectivity index (χ1n) is 9.36. The molecular weight excluding hydrogens is 414 g/mol. The van der Waals surface area contributed by atoms with Crippen molar-refractivity contribution in [1.82, 2.24) is 14.8 Å². The van der Waals surface area contributed by atoms with Crippen molar-refractivity contribution < 1.29 is 29.2 Å². The quantitative estimate of drug-likeness (QED) is 0.594. The standard InChI is InChI=1S/C20H18ClN3O6/c1-9-7-22-23-18-12(9)4-5-24(18)19-15(26)14(25)17(29-19)16-13-3-2-11(21)6-10(13)8-28-20(27)30-16/h2-7,14-17,19,25-26H,8H2,1H3/t14-,15+,16+,17-,19+/m0/s1. The van der Waals surface area contributed by atoms with Crippen LogP contribution in [0.3, 0.4) is 0 Å². The van der Waals surface area contributed by atoms with E-state index in [1.165, 1.54) is 0 Å². The number of rotatable bonds is 2. The van der Waals surface area contributed by atoms with E-state index >= 15 is 0 Å². The summed E-state index contributed by atoms with van der Waals surface area (Å²) >= 11 is 6.07. The van der Waals surface area contributed by atoms with Gasteiger partial charge in [-0.2, -0.15) is 5.10 Å². The molecule has 156 valence electrons. The van der Waals surface area contributed by atoms with E-state index < -0.39 is 36.8 Å². The number of benzene rings is 1. The first-order valence-corrected chi connectivity index (χ1v) is 9.74. The SMILES string of the molecule is Cc1cnnc2c1ccn2[C@@H]1O[C@H]([C@@H]2OC(=O)OCc3cc(Cl)ccc32)[C@@H](O)[C@H]1O. The van der Waals surface area contributed by atoms with Crippen molar-refractivity contribution in [2.45, 2.75) is 44.2 Å². The third kappa shape index (κ3) is 3.02. The molecule has 2 aromatic heterocycles. The molecule has 30 heavy (non-hydrogen) atoms. The van der Waals surface area contributed by atoms with Crippen LogP contribution in [0.25, 0.3) is 11.0 Å². The van der Waals surface area contributed by atoms with Crippen LogP contribution in [0.15, 0.2) is 36.7 Å². The number of cyclic esters (lactones) is 2. The summed E-state index contributed by atoms with van der Waals surface area (Å²) in [5.41, 5.74) is 2.67. The van der Waals surface area contributed by atoms with Gasteiger partial charge in [-0.1, -0.05) is 17.7 Å². The minimum atomic E-state index is -1.33. The fourth-order valence-corrected chi connectivity index (χ4v) is 4.22. The smallest absolute Gasteiger partial charge is 0.429 e. The van der Waals surface area contributed by atoms with Gasteiger partial charge in [0, 0.05) is 22.2 Å². The molecule has 4 heterocycles. The van der Waals surface area contributed by atoms with E-state index in [-0.39, 0.29) is 6.61 Å². The van der Waals surface area contributed by atoms with Crippen molar-refractivity contribution >= 4 is 28.8 Å². The van der Waals surface area contributed by atoms with Gasteiger partial charge in [-0.05, 0) is 36.2 Å². The van der Waals surface area contributed by atoms with Gasteiger partial charge in [0.05, 0.1) is 6.20 Å². The van der Waals surface area contributed by atoms with Gasteiger partial charge in [0.1, 0.15) is 24.9 Å². The molecule has 9 nitrogen and oxygen atoms in total. The van der Waals surface area contributed by atoms with Crippen molar-refractivity contribution in [3.63, 3.8) is 0 Å². The van der Waals surface area contributed by atoms with Crippen LogP contribution in [0.5, 0.6) is 0 Å². The Balaban J connectivity index is 1.53.